The van der Waals surface area contributed by atoms with Gasteiger partial charge in [-0.3, -0.25) is 4.79 Å². The highest BCUT2D eigenvalue weighted by molar-refractivity contribution is 5.76. The number of carboxylic acid groups (broad SMARTS) is 1. The monoisotopic (exact) mass is 311 g/mol. The fourth-order valence-corrected chi connectivity index (χ4v) is 2.26. The van der Waals surface area contributed by atoms with E-state index in [-0.39, 0.29) is 31.6 Å². The zero-order valence-electron chi connectivity index (χ0n) is 12.0. The first-order valence-corrected chi connectivity index (χ1v) is 7.07. The zero-order valence-corrected chi connectivity index (χ0v) is 12.0. The molecule has 1 aliphatic rings. The van der Waals surface area contributed by atoms with Crippen molar-refractivity contribution in [3.05, 3.63) is 24.1 Å². The van der Waals surface area contributed by atoms with Crippen molar-refractivity contribution in [2.24, 2.45) is 5.92 Å². The predicted molar refractivity (Wildman–Crippen MR) is 75.0 cm³/mol. The largest absolute Gasteiger partial charge is 0.481 e. The van der Waals surface area contributed by atoms with Crippen LogP contribution in [0.3, 0.4) is 0 Å². The number of aromatic nitrogens is 1. The van der Waals surface area contributed by atoms with E-state index in [1.807, 2.05) is 0 Å². The lowest BCUT2D eigenvalue weighted by molar-refractivity contribution is -0.143. The van der Waals surface area contributed by atoms with E-state index in [2.05, 4.69) is 10.3 Å². The van der Waals surface area contributed by atoms with Gasteiger partial charge >= 0.3 is 12.0 Å². The number of urea groups is 1. The van der Waals surface area contributed by atoms with E-state index in [0.29, 0.717) is 19.4 Å². The fraction of sp³-hybridized carbons (Fsp3) is 0.500. The summed E-state index contributed by atoms with van der Waals surface area (Å²) in [6.45, 7) is 1.00. The van der Waals surface area contributed by atoms with Crippen LogP contribution in [-0.4, -0.2) is 53.2 Å². The van der Waals surface area contributed by atoms with Crippen LogP contribution >= 0.6 is 0 Å². The summed E-state index contributed by atoms with van der Waals surface area (Å²) in [5.41, 5.74) is 0. The van der Waals surface area contributed by atoms with Crippen molar-refractivity contribution in [3.63, 3.8) is 0 Å². The minimum absolute atomic E-state index is 0.0792. The number of halogens is 1. The highest BCUT2D eigenvalue weighted by atomic mass is 19.1. The molecule has 1 aromatic rings. The Hall–Kier alpha value is -2.38. The molecular formula is C14H18FN3O4. The molecule has 120 valence electrons. The number of carboxylic acids is 1. The van der Waals surface area contributed by atoms with E-state index in [4.69, 9.17) is 9.84 Å². The van der Waals surface area contributed by atoms with Crippen molar-refractivity contribution in [1.29, 1.82) is 0 Å². The lowest BCUT2D eigenvalue weighted by Crippen LogP contribution is -2.47. The first-order chi connectivity index (χ1) is 10.6. The number of likely N-dealkylation sites (tertiary alicyclic amines) is 1. The van der Waals surface area contributed by atoms with E-state index < -0.39 is 17.7 Å². The average Bonchev–Trinajstić information content (AvgIpc) is 2.53. The van der Waals surface area contributed by atoms with Crippen LogP contribution in [0, 0.1) is 11.7 Å². The quantitative estimate of drug-likeness (QED) is 0.795. The van der Waals surface area contributed by atoms with Crippen molar-refractivity contribution in [1.82, 2.24) is 15.2 Å². The number of amides is 2. The van der Waals surface area contributed by atoms with Crippen LogP contribution in [0.15, 0.2) is 18.3 Å². The van der Waals surface area contributed by atoms with Gasteiger partial charge < -0.3 is 20.1 Å². The number of aliphatic carboxylic acids is 1. The van der Waals surface area contributed by atoms with Crippen LogP contribution < -0.4 is 10.1 Å². The third-order valence-electron chi connectivity index (χ3n) is 3.40. The standard InChI is InChI=1S/C14H18FN3O4/c15-11-4-1-5-16-12(11)22-8-6-17-14(21)18-7-2-3-10(9-18)13(19)20/h1,4-5,10H,2-3,6-9H2,(H,17,21)(H,19,20). The van der Waals surface area contributed by atoms with Gasteiger partial charge in [-0.1, -0.05) is 0 Å². The van der Waals surface area contributed by atoms with Gasteiger partial charge in [0.15, 0.2) is 5.82 Å². The van der Waals surface area contributed by atoms with Crippen molar-refractivity contribution in [2.45, 2.75) is 12.8 Å². The molecule has 1 unspecified atom stereocenters. The molecule has 2 N–H and O–H groups in total. The summed E-state index contributed by atoms with van der Waals surface area (Å²) < 4.78 is 18.4. The summed E-state index contributed by atoms with van der Waals surface area (Å²) in [6, 6.07) is 2.36. The van der Waals surface area contributed by atoms with Gasteiger partial charge in [0.2, 0.25) is 5.88 Å². The zero-order chi connectivity index (χ0) is 15.9. The Balaban J connectivity index is 1.71. The molecule has 0 saturated carbocycles. The molecule has 1 aromatic heterocycles. The number of ether oxygens (including phenoxy) is 1. The number of hydrogen-bond acceptors (Lipinski definition) is 4. The molecule has 1 aliphatic heterocycles. The molecule has 1 saturated heterocycles. The number of pyridine rings is 1. The van der Waals surface area contributed by atoms with E-state index in [0.717, 1.165) is 0 Å². The molecule has 2 amide bonds. The number of nitrogens with one attached hydrogen (secondary N) is 1. The molecule has 0 bridgehead atoms. The van der Waals surface area contributed by atoms with Crippen LogP contribution in [0.5, 0.6) is 5.88 Å². The second kappa shape index (κ2) is 7.58. The fourth-order valence-electron chi connectivity index (χ4n) is 2.26. The Morgan fingerprint density at radius 3 is 3.09 bits per heavy atom. The average molecular weight is 311 g/mol. The molecular weight excluding hydrogens is 293 g/mol. The number of piperidine rings is 1. The van der Waals surface area contributed by atoms with Crippen LogP contribution in [0.1, 0.15) is 12.8 Å². The first-order valence-electron chi connectivity index (χ1n) is 7.07. The van der Waals surface area contributed by atoms with Crippen molar-refractivity contribution in [3.8, 4) is 5.88 Å². The lowest BCUT2D eigenvalue weighted by atomic mass is 9.99. The van der Waals surface area contributed by atoms with Gasteiger partial charge in [0, 0.05) is 19.3 Å². The number of carbonyl (C=O) groups excluding carboxylic acids is 1. The van der Waals surface area contributed by atoms with E-state index in [1.165, 1.54) is 23.2 Å². The summed E-state index contributed by atoms with van der Waals surface area (Å²) in [5.74, 6) is -2.07. The SMILES string of the molecule is O=C(O)C1CCCN(C(=O)NCCOc2ncccc2F)C1. The number of hydrogen-bond donors (Lipinski definition) is 2. The number of rotatable bonds is 5. The van der Waals surface area contributed by atoms with Crippen LogP contribution in [0.2, 0.25) is 0 Å². The molecule has 1 fully saturated rings. The van der Waals surface area contributed by atoms with Gasteiger partial charge in [-0.25, -0.2) is 14.2 Å². The van der Waals surface area contributed by atoms with E-state index in [1.54, 1.807) is 0 Å². The maximum atomic E-state index is 13.2. The Bertz CT molecular complexity index is 541. The molecule has 8 heteroatoms. The Labute approximate surface area is 127 Å². The summed E-state index contributed by atoms with van der Waals surface area (Å²) in [5, 5.41) is 11.6. The Morgan fingerprint density at radius 1 is 1.55 bits per heavy atom. The van der Waals surface area contributed by atoms with Gasteiger partial charge in [-0.2, -0.15) is 0 Å². The molecule has 1 atom stereocenters. The Morgan fingerprint density at radius 2 is 2.36 bits per heavy atom. The molecule has 0 aliphatic carbocycles. The molecule has 22 heavy (non-hydrogen) atoms. The summed E-state index contributed by atoms with van der Waals surface area (Å²) >= 11 is 0. The highest BCUT2D eigenvalue weighted by Gasteiger charge is 2.27. The van der Waals surface area contributed by atoms with Crippen LogP contribution in [0.25, 0.3) is 0 Å². The second-order valence-corrected chi connectivity index (χ2v) is 4.99. The molecule has 7 nitrogen and oxygen atoms in total. The minimum atomic E-state index is -0.883. The number of nitrogens with zero attached hydrogens (tertiary/aromatic N) is 2. The van der Waals surface area contributed by atoms with E-state index in [9.17, 15) is 14.0 Å². The minimum Gasteiger partial charge on any atom is -0.481 e. The van der Waals surface area contributed by atoms with E-state index >= 15 is 0 Å². The molecule has 0 spiro atoms. The maximum Gasteiger partial charge on any atom is 0.317 e. The van der Waals surface area contributed by atoms with Gasteiger partial charge in [-0.15, -0.1) is 0 Å². The second-order valence-electron chi connectivity index (χ2n) is 4.99. The van der Waals surface area contributed by atoms with Crippen LogP contribution in [0.4, 0.5) is 9.18 Å². The topological polar surface area (TPSA) is 91.8 Å². The third kappa shape index (κ3) is 4.31. The van der Waals surface area contributed by atoms with Crippen molar-refractivity contribution in [2.75, 3.05) is 26.2 Å². The summed E-state index contributed by atoms with van der Waals surface area (Å²) in [7, 11) is 0. The maximum absolute atomic E-state index is 13.2. The van der Waals surface area contributed by atoms with Crippen molar-refractivity contribution < 1.29 is 23.8 Å². The summed E-state index contributed by atoms with van der Waals surface area (Å²) in [4.78, 5) is 28.1. The Kier molecular flexibility index (Phi) is 5.51. The first kappa shape index (κ1) is 16.0. The van der Waals surface area contributed by atoms with Crippen molar-refractivity contribution >= 4 is 12.0 Å². The predicted octanol–water partition coefficient (Wildman–Crippen LogP) is 1.11. The summed E-state index contributed by atoms with van der Waals surface area (Å²) in [6.07, 6.45) is 2.66. The van der Waals surface area contributed by atoms with Gasteiger partial charge in [-0.05, 0) is 25.0 Å². The smallest absolute Gasteiger partial charge is 0.317 e. The normalized spacial score (nSPS) is 17.9. The molecule has 2 heterocycles. The van der Waals surface area contributed by atoms with Gasteiger partial charge in [0.05, 0.1) is 12.5 Å². The third-order valence-corrected chi connectivity index (χ3v) is 3.40. The van der Waals surface area contributed by atoms with Gasteiger partial charge in [0.25, 0.3) is 0 Å². The molecule has 0 aromatic carbocycles. The molecule has 0 radical (unpaired) electrons. The number of carbonyl (C=O) groups is 2. The van der Waals surface area contributed by atoms with Crippen LogP contribution in [-0.2, 0) is 4.79 Å². The molecule has 2 rings (SSSR count). The van der Waals surface area contributed by atoms with Gasteiger partial charge in [0.1, 0.15) is 6.61 Å². The lowest BCUT2D eigenvalue weighted by Gasteiger charge is -2.30. The highest BCUT2D eigenvalue weighted by Crippen LogP contribution is 2.16.